The Kier molecular flexibility index (Phi) is 7.08. The van der Waals surface area contributed by atoms with Crippen molar-refractivity contribution in [3.8, 4) is 17.2 Å². The highest BCUT2D eigenvalue weighted by molar-refractivity contribution is 5.78. The Morgan fingerprint density at radius 3 is 2.31 bits per heavy atom. The molecule has 0 fully saturated rings. The van der Waals surface area contributed by atoms with E-state index in [1.165, 1.54) is 0 Å². The number of hydrogen-bond donors (Lipinski definition) is 1. The van der Waals surface area contributed by atoms with Gasteiger partial charge in [0.15, 0.2) is 6.61 Å². The molecule has 2 aromatic carbocycles. The maximum atomic E-state index is 12.9. The number of aromatic nitrogens is 2. The summed E-state index contributed by atoms with van der Waals surface area (Å²) in [5.41, 5.74) is 1.93. The predicted octanol–water partition coefficient (Wildman–Crippen LogP) is 4.02. The van der Waals surface area contributed by atoms with E-state index in [1.54, 1.807) is 26.5 Å². The number of nitrogens with one attached hydrogen (secondary N) is 1. The second kappa shape index (κ2) is 9.77. The fourth-order valence-corrected chi connectivity index (χ4v) is 3.35. The van der Waals surface area contributed by atoms with Crippen molar-refractivity contribution in [3.63, 3.8) is 0 Å². The molecule has 0 unspecified atom stereocenters. The Labute approximate surface area is 189 Å². The number of rotatable bonds is 8. The molecule has 1 amide bonds. The van der Waals surface area contributed by atoms with Crippen LogP contribution in [0.5, 0.6) is 17.2 Å². The summed E-state index contributed by atoms with van der Waals surface area (Å²) >= 11 is 0. The third-order valence-electron chi connectivity index (χ3n) is 5.20. The van der Waals surface area contributed by atoms with Gasteiger partial charge in [-0.15, -0.1) is 0 Å². The van der Waals surface area contributed by atoms with Crippen molar-refractivity contribution < 1.29 is 19.0 Å². The summed E-state index contributed by atoms with van der Waals surface area (Å²) < 4.78 is 18.5. The fourth-order valence-electron chi connectivity index (χ4n) is 3.35. The summed E-state index contributed by atoms with van der Waals surface area (Å²) in [5.74, 6) is 2.33. The van der Waals surface area contributed by atoms with Crippen LogP contribution in [0.4, 0.5) is 0 Å². The molecule has 7 nitrogen and oxygen atoms in total. The number of methoxy groups -OCH3 is 2. The van der Waals surface area contributed by atoms with Gasteiger partial charge in [-0.3, -0.25) is 4.79 Å². The molecule has 0 saturated carbocycles. The third-order valence-corrected chi connectivity index (χ3v) is 5.20. The van der Waals surface area contributed by atoms with E-state index in [1.807, 2.05) is 48.1 Å². The Bertz CT molecular complexity index is 1050. The topological polar surface area (TPSA) is 74.6 Å². The summed E-state index contributed by atoms with van der Waals surface area (Å²) in [7, 11) is 5.06. The zero-order chi connectivity index (χ0) is 23.3. The minimum atomic E-state index is -0.504. The molecule has 0 spiro atoms. The van der Waals surface area contributed by atoms with Gasteiger partial charge < -0.3 is 24.1 Å². The van der Waals surface area contributed by atoms with Gasteiger partial charge in [0.05, 0.1) is 14.2 Å². The van der Waals surface area contributed by atoms with Crippen LogP contribution in [0.3, 0.4) is 0 Å². The number of ether oxygens (including phenoxy) is 3. The van der Waals surface area contributed by atoms with E-state index >= 15 is 0 Å². The number of imidazole rings is 1. The normalized spacial score (nSPS) is 12.2. The summed E-state index contributed by atoms with van der Waals surface area (Å²) in [6.45, 7) is 6.30. The number of hydrogen-bond acceptors (Lipinski definition) is 5. The first-order chi connectivity index (χ1) is 15.2. The number of carbonyl (C=O) groups excluding carboxylic acids is 1. The highest BCUT2D eigenvalue weighted by Crippen LogP contribution is 2.30. The smallest absolute Gasteiger partial charge is 0.258 e. The lowest BCUT2D eigenvalue weighted by molar-refractivity contribution is -0.123. The Morgan fingerprint density at radius 2 is 1.75 bits per heavy atom. The first-order valence-corrected chi connectivity index (χ1v) is 10.4. The van der Waals surface area contributed by atoms with Gasteiger partial charge in [0.25, 0.3) is 5.91 Å². The van der Waals surface area contributed by atoms with Crippen LogP contribution in [0, 0.1) is 0 Å². The number of aryl methyl sites for hydroxylation is 1. The standard InChI is InChI=1S/C25H31N3O4/c1-25(2,3)18-8-7-9-19(14-18)32-16-22(29)27-23(24-26-10-11-28(24)4)17-12-20(30-5)15-21(13-17)31-6/h7-15,23H,16H2,1-6H3,(H,27,29)/t23-/m0/s1. The first-order valence-electron chi connectivity index (χ1n) is 10.4. The van der Waals surface area contributed by atoms with Crippen LogP contribution in [0.2, 0.25) is 0 Å². The summed E-state index contributed by atoms with van der Waals surface area (Å²) in [6.07, 6.45) is 3.53. The van der Waals surface area contributed by atoms with E-state index in [2.05, 4.69) is 37.1 Å². The molecule has 1 N–H and O–H groups in total. The molecule has 1 atom stereocenters. The van der Waals surface area contributed by atoms with Gasteiger partial charge in [-0.2, -0.15) is 0 Å². The number of carbonyl (C=O) groups is 1. The minimum Gasteiger partial charge on any atom is -0.497 e. The van der Waals surface area contributed by atoms with Gasteiger partial charge in [-0.05, 0) is 40.8 Å². The van der Waals surface area contributed by atoms with Gasteiger partial charge in [0, 0.05) is 25.5 Å². The zero-order valence-electron chi connectivity index (χ0n) is 19.5. The predicted molar refractivity (Wildman–Crippen MR) is 123 cm³/mol. The zero-order valence-corrected chi connectivity index (χ0v) is 19.5. The molecule has 170 valence electrons. The number of nitrogens with zero attached hydrogens (tertiary/aromatic N) is 2. The molecular formula is C25H31N3O4. The molecular weight excluding hydrogens is 406 g/mol. The Balaban J connectivity index is 1.81. The van der Waals surface area contributed by atoms with Gasteiger partial charge in [0.2, 0.25) is 0 Å². The van der Waals surface area contributed by atoms with Crippen molar-refractivity contribution in [2.45, 2.75) is 32.2 Å². The van der Waals surface area contributed by atoms with Crippen LogP contribution < -0.4 is 19.5 Å². The molecule has 3 aromatic rings. The summed E-state index contributed by atoms with van der Waals surface area (Å²) in [4.78, 5) is 17.3. The second-order valence-corrected chi connectivity index (χ2v) is 8.61. The molecule has 0 bridgehead atoms. The van der Waals surface area contributed by atoms with E-state index in [4.69, 9.17) is 14.2 Å². The monoisotopic (exact) mass is 437 g/mol. The van der Waals surface area contributed by atoms with E-state index < -0.39 is 6.04 Å². The average molecular weight is 438 g/mol. The lowest BCUT2D eigenvalue weighted by atomic mass is 9.87. The van der Waals surface area contributed by atoms with E-state index in [-0.39, 0.29) is 17.9 Å². The van der Waals surface area contributed by atoms with E-state index in [0.29, 0.717) is 23.1 Å². The molecule has 32 heavy (non-hydrogen) atoms. The van der Waals surface area contributed by atoms with Gasteiger partial charge >= 0.3 is 0 Å². The first kappa shape index (κ1) is 23.2. The molecule has 7 heteroatoms. The van der Waals surface area contributed by atoms with Crippen molar-refractivity contribution in [2.75, 3.05) is 20.8 Å². The molecule has 1 heterocycles. The Hall–Kier alpha value is -3.48. The molecule has 0 aliphatic carbocycles. The van der Waals surface area contributed by atoms with Crippen LogP contribution in [0.25, 0.3) is 0 Å². The molecule has 0 saturated heterocycles. The fraction of sp³-hybridized carbons (Fsp3) is 0.360. The van der Waals surface area contributed by atoms with Gasteiger partial charge in [-0.1, -0.05) is 32.9 Å². The van der Waals surface area contributed by atoms with Gasteiger partial charge in [-0.25, -0.2) is 4.98 Å². The molecule has 0 aliphatic heterocycles. The lowest BCUT2D eigenvalue weighted by Gasteiger charge is -2.21. The number of benzene rings is 2. The van der Waals surface area contributed by atoms with Crippen LogP contribution in [0.1, 0.15) is 43.8 Å². The van der Waals surface area contributed by atoms with Crippen molar-refractivity contribution in [1.82, 2.24) is 14.9 Å². The second-order valence-electron chi connectivity index (χ2n) is 8.61. The number of amides is 1. The highest BCUT2D eigenvalue weighted by Gasteiger charge is 2.23. The van der Waals surface area contributed by atoms with E-state index in [0.717, 1.165) is 11.1 Å². The third kappa shape index (κ3) is 5.60. The minimum absolute atomic E-state index is 0.00362. The van der Waals surface area contributed by atoms with Crippen molar-refractivity contribution >= 4 is 5.91 Å². The lowest BCUT2D eigenvalue weighted by Crippen LogP contribution is -2.34. The Morgan fingerprint density at radius 1 is 1.06 bits per heavy atom. The maximum absolute atomic E-state index is 12.9. The SMILES string of the molecule is COc1cc(OC)cc([C@H](NC(=O)COc2cccc(C(C)(C)C)c2)c2nccn2C)c1. The largest absolute Gasteiger partial charge is 0.497 e. The average Bonchev–Trinajstić information content (AvgIpc) is 3.20. The quantitative estimate of drug-likeness (QED) is 0.576. The molecule has 0 aliphatic rings. The van der Waals surface area contributed by atoms with Crippen molar-refractivity contribution in [1.29, 1.82) is 0 Å². The summed E-state index contributed by atoms with van der Waals surface area (Å²) in [6, 6.07) is 12.8. The van der Waals surface area contributed by atoms with Crippen LogP contribution >= 0.6 is 0 Å². The van der Waals surface area contributed by atoms with Crippen LogP contribution in [-0.4, -0.2) is 36.3 Å². The molecule has 0 radical (unpaired) electrons. The molecule has 3 rings (SSSR count). The van der Waals surface area contributed by atoms with Crippen LogP contribution in [-0.2, 0) is 17.3 Å². The highest BCUT2D eigenvalue weighted by atomic mass is 16.5. The van der Waals surface area contributed by atoms with E-state index in [9.17, 15) is 4.79 Å². The van der Waals surface area contributed by atoms with Gasteiger partial charge in [0.1, 0.15) is 29.1 Å². The molecule has 1 aromatic heterocycles. The maximum Gasteiger partial charge on any atom is 0.258 e. The van der Waals surface area contributed by atoms with Crippen molar-refractivity contribution in [3.05, 3.63) is 71.8 Å². The van der Waals surface area contributed by atoms with Crippen molar-refractivity contribution in [2.24, 2.45) is 7.05 Å². The summed E-state index contributed by atoms with van der Waals surface area (Å²) in [5, 5.41) is 3.04. The van der Waals surface area contributed by atoms with Crippen LogP contribution in [0.15, 0.2) is 54.9 Å².